The van der Waals surface area contributed by atoms with Crippen LogP contribution in [-0.4, -0.2) is 25.2 Å². The molecule has 0 radical (unpaired) electrons. The molecule has 3 aromatic rings. The van der Waals surface area contributed by atoms with Gasteiger partial charge in [0.05, 0.1) is 17.5 Å². The number of rotatable bonds is 8. The van der Waals surface area contributed by atoms with Crippen LogP contribution in [0.15, 0.2) is 77.7 Å². The number of benzene rings is 3. The zero-order chi connectivity index (χ0) is 23.3. The standard InChI is InChI=1S/C23H21Cl2FN2O3S/c1-16(18-4-6-19(24)7-5-18)27-23(29)15-28(14-17-2-10-21(26)11-3-17)32(30,31)22-12-8-20(25)9-13-22/h2-13,16H,14-15H2,1H3,(H,27,29)/t16-/m1/s1. The Kier molecular flexibility index (Phi) is 7.90. The molecule has 0 saturated carbocycles. The van der Waals surface area contributed by atoms with Gasteiger partial charge in [-0.15, -0.1) is 0 Å². The van der Waals surface area contributed by atoms with Crippen LogP contribution in [0.25, 0.3) is 0 Å². The zero-order valence-corrected chi connectivity index (χ0v) is 19.5. The minimum atomic E-state index is -4.02. The van der Waals surface area contributed by atoms with E-state index in [9.17, 15) is 17.6 Å². The van der Waals surface area contributed by atoms with E-state index in [0.717, 1.165) is 9.87 Å². The smallest absolute Gasteiger partial charge is 0.243 e. The molecule has 9 heteroatoms. The Morgan fingerprint density at radius 1 is 0.938 bits per heavy atom. The summed E-state index contributed by atoms with van der Waals surface area (Å²) in [5, 5.41) is 3.77. The van der Waals surface area contributed by atoms with Crippen molar-refractivity contribution in [3.63, 3.8) is 0 Å². The maximum Gasteiger partial charge on any atom is 0.243 e. The Morgan fingerprint density at radius 2 is 1.47 bits per heavy atom. The number of nitrogens with one attached hydrogen (secondary N) is 1. The number of carbonyl (C=O) groups excluding carboxylic acids is 1. The summed E-state index contributed by atoms with van der Waals surface area (Å²) >= 11 is 11.8. The third-order valence-electron chi connectivity index (χ3n) is 4.79. The molecule has 0 fully saturated rings. The highest BCUT2D eigenvalue weighted by molar-refractivity contribution is 7.89. The molecule has 32 heavy (non-hydrogen) atoms. The average molecular weight is 495 g/mol. The molecule has 0 spiro atoms. The van der Waals surface area contributed by atoms with Gasteiger partial charge in [0, 0.05) is 16.6 Å². The highest BCUT2D eigenvalue weighted by Crippen LogP contribution is 2.21. The molecule has 0 unspecified atom stereocenters. The van der Waals surface area contributed by atoms with Gasteiger partial charge >= 0.3 is 0 Å². The van der Waals surface area contributed by atoms with E-state index in [-0.39, 0.29) is 17.5 Å². The second-order valence-electron chi connectivity index (χ2n) is 7.19. The van der Waals surface area contributed by atoms with Gasteiger partial charge in [0.15, 0.2) is 0 Å². The van der Waals surface area contributed by atoms with Crippen molar-refractivity contribution in [1.82, 2.24) is 9.62 Å². The molecule has 1 atom stereocenters. The molecular formula is C23H21Cl2FN2O3S. The summed E-state index contributed by atoms with van der Waals surface area (Å²) in [5.74, 6) is -0.914. The topological polar surface area (TPSA) is 66.5 Å². The second-order valence-corrected chi connectivity index (χ2v) is 10.0. The van der Waals surface area contributed by atoms with Gasteiger partial charge in [-0.3, -0.25) is 4.79 Å². The SMILES string of the molecule is C[C@@H](NC(=O)CN(Cc1ccc(F)cc1)S(=O)(=O)c1ccc(Cl)cc1)c1ccc(Cl)cc1. The lowest BCUT2D eigenvalue weighted by atomic mass is 10.1. The lowest BCUT2D eigenvalue weighted by Crippen LogP contribution is -2.41. The van der Waals surface area contributed by atoms with Gasteiger partial charge in [0.1, 0.15) is 5.82 Å². The lowest BCUT2D eigenvalue weighted by molar-refractivity contribution is -0.122. The molecule has 5 nitrogen and oxygen atoms in total. The van der Waals surface area contributed by atoms with Gasteiger partial charge in [0.25, 0.3) is 0 Å². The van der Waals surface area contributed by atoms with E-state index in [0.29, 0.717) is 15.6 Å². The molecule has 1 N–H and O–H groups in total. The number of hydrogen-bond acceptors (Lipinski definition) is 3. The zero-order valence-electron chi connectivity index (χ0n) is 17.1. The van der Waals surface area contributed by atoms with Crippen LogP contribution in [0.1, 0.15) is 24.1 Å². The summed E-state index contributed by atoms with van der Waals surface area (Å²) in [7, 11) is -4.02. The van der Waals surface area contributed by atoms with Crippen LogP contribution in [0.3, 0.4) is 0 Å². The van der Waals surface area contributed by atoms with Gasteiger partial charge in [-0.2, -0.15) is 4.31 Å². The summed E-state index contributed by atoms with van der Waals surface area (Å²) in [6.07, 6.45) is 0. The van der Waals surface area contributed by atoms with Crippen molar-refractivity contribution >= 4 is 39.1 Å². The Hall–Kier alpha value is -2.45. The van der Waals surface area contributed by atoms with Crippen LogP contribution < -0.4 is 5.32 Å². The minimum Gasteiger partial charge on any atom is -0.348 e. The fourth-order valence-electron chi connectivity index (χ4n) is 3.06. The minimum absolute atomic E-state index is 0.00237. The van der Waals surface area contributed by atoms with Crippen molar-refractivity contribution in [1.29, 1.82) is 0 Å². The van der Waals surface area contributed by atoms with E-state index in [1.54, 1.807) is 31.2 Å². The number of sulfonamides is 1. The quantitative estimate of drug-likeness (QED) is 0.467. The molecule has 0 aliphatic rings. The highest BCUT2D eigenvalue weighted by Gasteiger charge is 2.27. The number of amides is 1. The van der Waals surface area contributed by atoms with Crippen LogP contribution in [0.4, 0.5) is 4.39 Å². The summed E-state index contributed by atoms with van der Waals surface area (Å²) in [4.78, 5) is 12.8. The van der Waals surface area contributed by atoms with E-state index in [1.165, 1.54) is 48.5 Å². The van der Waals surface area contributed by atoms with E-state index < -0.39 is 28.3 Å². The predicted octanol–water partition coefficient (Wildman–Crippen LogP) is 5.20. The van der Waals surface area contributed by atoms with Crippen molar-refractivity contribution in [2.75, 3.05) is 6.54 Å². The third kappa shape index (κ3) is 6.29. The van der Waals surface area contributed by atoms with Crippen molar-refractivity contribution < 1.29 is 17.6 Å². The molecule has 0 aromatic heterocycles. The van der Waals surface area contributed by atoms with Crippen LogP contribution in [-0.2, 0) is 21.4 Å². The second kappa shape index (κ2) is 10.4. The monoisotopic (exact) mass is 494 g/mol. The fourth-order valence-corrected chi connectivity index (χ4v) is 4.69. The summed E-state index contributed by atoms with van der Waals surface area (Å²) in [6, 6.07) is 17.8. The number of halogens is 3. The van der Waals surface area contributed by atoms with Crippen LogP contribution in [0.2, 0.25) is 10.0 Å². The fraction of sp³-hybridized carbons (Fsp3) is 0.174. The number of carbonyl (C=O) groups is 1. The van der Waals surface area contributed by atoms with Gasteiger partial charge in [-0.05, 0) is 66.6 Å². The van der Waals surface area contributed by atoms with Gasteiger partial charge in [-0.25, -0.2) is 12.8 Å². The molecule has 0 aliphatic heterocycles. The summed E-state index contributed by atoms with van der Waals surface area (Å²) in [5.41, 5.74) is 1.37. The van der Waals surface area contributed by atoms with Crippen molar-refractivity contribution in [3.05, 3.63) is 99.8 Å². The van der Waals surface area contributed by atoms with Crippen LogP contribution >= 0.6 is 23.2 Å². The molecule has 168 valence electrons. The first-order valence-corrected chi connectivity index (χ1v) is 11.9. The number of nitrogens with zero attached hydrogens (tertiary/aromatic N) is 1. The normalized spacial score (nSPS) is 12.5. The third-order valence-corrected chi connectivity index (χ3v) is 7.10. The van der Waals surface area contributed by atoms with E-state index in [2.05, 4.69) is 5.32 Å². The first-order valence-electron chi connectivity index (χ1n) is 9.70. The lowest BCUT2D eigenvalue weighted by Gasteiger charge is -2.23. The highest BCUT2D eigenvalue weighted by atomic mass is 35.5. The molecule has 0 heterocycles. The van der Waals surface area contributed by atoms with Crippen molar-refractivity contribution in [3.8, 4) is 0 Å². The van der Waals surface area contributed by atoms with E-state index in [4.69, 9.17) is 23.2 Å². The predicted molar refractivity (Wildman–Crippen MR) is 123 cm³/mol. The Balaban J connectivity index is 1.82. The van der Waals surface area contributed by atoms with Crippen molar-refractivity contribution in [2.24, 2.45) is 0 Å². The molecule has 3 aromatic carbocycles. The Labute approximate surface area is 196 Å². The van der Waals surface area contributed by atoms with Gasteiger partial charge in [0.2, 0.25) is 15.9 Å². The largest absolute Gasteiger partial charge is 0.348 e. The van der Waals surface area contributed by atoms with E-state index >= 15 is 0 Å². The van der Waals surface area contributed by atoms with Crippen LogP contribution in [0, 0.1) is 5.82 Å². The maximum atomic E-state index is 13.3. The summed E-state index contributed by atoms with van der Waals surface area (Å²) in [6.45, 7) is 1.27. The van der Waals surface area contributed by atoms with Crippen molar-refractivity contribution in [2.45, 2.75) is 24.4 Å². The molecule has 0 saturated heterocycles. The number of hydrogen-bond donors (Lipinski definition) is 1. The van der Waals surface area contributed by atoms with Gasteiger partial charge < -0.3 is 5.32 Å². The van der Waals surface area contributed by atoms with Crippen LogP contribution in [0.5, 0.6) is 0 Å². The summed E-state index contributed by atoms with van der Waals surface area (Å²) < 4.78 is 40.8. The first kappa shape index (κ1) is 24.2. The van der Waals surface area contributed by atoms with Gasteiger partial charge in [-0.1, -0.05) is 47.5 Å². The molecule has 0 bridgehead atoms. The maximum absolute atomic E-state index is 13.3. The Bertz CT molecular complexity index is 1170. The molecule has 1 amide bonds. The molecular weight excluding hydrogens is 474 g/mol. The molecule has 0 aliphatic carbocycles. The Morgan fingerprint density at radius 3 is 2.03 bits per heavy atom. The van der Waals surface area contributed by atoms with E-state index in [1.807, 2.05) is 0 Å². The first-order chi connectivity index (χ1) is 15.1. The molecule has 3 rings (SSSR count). The average Bonchev–Trinajstić information content (AvgIpc) is 2.75.